The fourth-order valence-electron chi connectivity index (χ4n) is 2.20. The molecule has 104 valence electrons. The second-order valence-electron chi connectivity index (χ2n) is 4.69. The molecule has 3 rings (SSSR count). The van der Waals surface area contributed by atoms with Crippen LogP contribution in [0.15, 0.2) is 47.3 Å². The maximum Gasteiger partial charge on any atom is 0.273 e. The van der Waals surface area contributed by atoms with E-state index in [0.717, 1.165) is 26.9 Å². The Kier molecular flexibility index (Phi) is 3.61. The summed E-state index contributed by atoms with van der Waals surface area (Å²) in [7, 11) is 0. The number of nitrogens with zero attached hydrogens (tertiary/aromatic N) is 1. The molecule has 0 spiro atoms. The molecule has 0 saturated heterocycles. The van der Waals surface area contributed by atoms with E-state index in [1.54, 1.807) is 3.96 Å². The van der Waals surface area contributed by atoms with E-state index in [2.05, 4.69) is 11.8 Å². The lowest BCUT2D eigenvalue weighted by Crippen LogP contribution is -2.10. The molecule has 0 radical (unpaired) electrons. The minimum absolute atomic E-state index is 0.0239. The second-order valence-corrected chi connectivity index (χ2v) is 5.68. The maximum absolute atomic E-state index is 12.4. The zero-order valence-electron chi connectivity index (χ0n) is 11.6. The summed E-state index contributed by atoms with van der Waals surface area (Å²) >= 11 is 1.46. The van der Waals surface area contributed by atoms with Gasteiger partial charge in [0, 0.05) is 5.56 Å². The Bertz CT molecular complexity index is 925. The average Bonchev–Trinajstić information content (AvgIpc) is 2.84. The molecule has 1 heterocycles. The van der Waals surface area contributed by atoms with Crippen LogP contribution in [-0.4, -0.2) is 10.5 Å². The van der Waals surface area contributed by atoms with Gasteiger partial charge >= 0.3 is 0 Å². The molecule has 0 saturated carbocycles. The van der Waals surface area contributed by atoms with E-state index in [4.69, 9.17) is 5.73 Å². The first-order chi connectivity index (χ1) is 10.2. The lowest BCUT2D eigenvalue weighted by atomic mass is 10.1. The van der Waals surface area contributed by atoms with E-state index in [9.17, 15) is 4.79 Å². The molecule has 0 bridgehead atoms. The number of hydrogen-bond donors (Lipinski definition) is 1. The van der Waals surface area contributed by atoms with Crippen molar-refractivity contribution in [3.8, 4) is 17.5 Å². The minimum Gasteiger partial charge on any atom is -0.320 e. The molecule has 0 aliphatic carbocycles. The number of rotatable bonds is 1. The van der Waals surface area contributed by atoms with E-state index in [1.807, 2.05) is 49.4 Å². The Morgan fingerprint density at radius 3 is 2.76 bits per heavy atom. The molecule has 2 aromatic carbocycles. The van der Waals surface area contributed by atoms with Crippen molar-refractivity contribution < 1.29 is 0 Å². The molecular weight excluding hydrogens is 280 g/mol. The molecule has 4 heteroatoms. The standard InChI is InChI=1S/C17H14N2OS/c1-12-11-14(9-8-13(12)5-4-10-18)19-17(20)15-6-2-3-7-16(15)21-19/h2-3,6-9,11H,10,18H2,1H3. The summed E-state index contributed by atoms with van der Waals surface area (Å²) in [4.78, 5) is 12.4. The number of aromatic nitrogens is 1. The normalized spacial score (nSPS) is 10.4. The van der Waals surface area contributed by atoms with Crippen LogP contribution >= 0.6 is 11.5 Å². The first kappa shape index (κ1) is 13.6. The van der Waals surface area contributed by atoms with Crippen molar-refractivity contribution in [2.75, 3.05) is 6.54 Å². The molecule has 1 aromatic heterocycles. The van der Waals surface area contributed by atoms with E-state index < -0.39 is 0 Å². The van der Waals surface area contributed by atoms with Gasteiger partial charge in [-0.15, -0.1) is 0 Å². The summed E-state index contributed by atoms with van der Waals surface area (Å²) < 4.78 is 2.71. The summed E-state index contributed by atoms with van der Waals surface area (Å²) in [6.45, 7) is 2.33. The predicted molar refractivity (Wildman–Crippen MR) is 88.1 cm³/mol. The molecule has 2 N–H and O–H groups in total. The molecule has 0 atom stereocenters. The van der Waals surface area contributed by atoms with E-state index >= 15 is 0 Å². The van der Waals surface area contributed by atoms with Gasteiger partial charge in [-0.25, -0.2) is 3.96 Å². The Labute approximate surface area is 126 Å². The third-order valence-electron chi connectivity index (χ3n) is 3.26. The molecule has 0 aliphatic heterocycles. The van der Waals surface area contributed by atoms with Gasteiger partial charge in [-0.1, -0.05) is 35.5 Å². The lowest BCUT2D eigenvalue weighted by molar-refractivity contribution is 1.13. The van der Waals surface area contributed by atoms with Crippen molar-refractivity contribution in [1.82, 2.24) is 3.96 Å². The third kappa shape index (κ3) is 2.49. The average molecular weight is 294 g/mol. The second kappa shape index (κ2) is 5.57. The monoisotopic (exact) mass is 294 g/mol. The fourth-order valence-corrected chi connectivity index (χ4v) is 3.19. The summed E-state index contributed by atoms with van der Waals surface area (Å²) in [6, 6.07) is 13.5. The Balaban J connectivity index is 2.13. The van der Waals surface area contributed by atoms with E-state index in [-0.39, 0.29) is 5.56 Å². The number of nitrogens with two attached hydrogens (primary N) is 1. The molecule has 3 nitrogen and oxygen atoms in total. The highest BCUT2D eigenvalue weighted by Crippen LogP contribution is 2.21. The van der Waals surface area contributed by atoms with Gasteiger partial charge in [0.2, 0.25) is 0 Å². The van der Waals surface area contributed by atoms with Crippen LogP contribution in [-0.2, 0) is 0 Å². The molecule has 0 aliphatic rings. The van der Waals surface area contributed by atoms with Crippen LogP contribution in [0.3, 0.4) is 0 Å². The maximum atomic E-state index is 12.4. The quantitative estimate of drug-likeness (QED) is 0.701. The SMILES string of the molecule is Cc1cc(-n2sc3ccccc3c2=O)ccc1C#CCN. The van der Waals surface area contributed by atoms with E-state index in [1.165, 1.54) is 11.5 Å². The summed E-state index contributed by atoms with van der Waals surface area (Å²) in [5, 5.41) is 0.757. The summed E-state index contributed by atoms with van der Waals surface area (Å²) in [5.41, 5.74) is 8.27. The van der Waals surface area contributed by atoms with E-state index in [0.29, 0.717) is 6.54 Å². The zero-order valence-corrected chi connectivity index (χ0v) is 12.4. The Hall–Kier alpha value is -2.35. The smallest absolute Gasteiger partial charge is 0.273 e. The van der Waals surface area contributed by atoms with Crippen molar-refractivity contribution in [2.45, 2.75) is 6.92 Å². The molecule has 0 fully saturated rings. The molecule has 3 aromatic rings. The van der Waals surface area contributed by atoms with Crippen LogP contribution in [0, 0.1) is 18.8 Å². The lowest BCUT2D eigenvalue weighted by Gasteiger charge is -2.04. The van der Waals surface area contributed by atoms with Gasteiger partial charge in [0.15, 0.2) is 0 Å². The van der Waals surface area contributed by atoms with Crippen LogP contribution in [0.4, 0.5) is 0 Å². The molecular formula is C17H14N2OS. The number of aryl methyl sites for hydroxylation is 1. The zero-order chi connectivity index (χ0) is 14.8. The van der Waals surface area contributed by atoms with Crippen molar-refractivity contribution in [1.29, 1.82) is 0 Å². The highest BCUT2D eigenvalue weighted by molar-refractivity contribution is 7.14. The topological polar surface area (TPSA) is 48.0 Å². The van der Waals surface area contributed by atoms with Gasteiger partial charge in [-0.3, -0.25) is 4.79 Å². The number of hydrogen-bond acceptors (Lipinski definition) is 3. The summed E-state index contributed by atoms with van der Waals surface area (Å²) in [5.74, 6) is 5.88. The van der Waals surface area contributed by atoms with Crippen molar-refractivity contribution >= 4 is 21.6 Å². The summed E-state index contributed by atoms with van der Waals surface area (Å²) in [6.07, 6.45) is 0. The molecule has 21 heavy (non-hydrogen) atoms. The van der Waals surface area contributed by atoms with Crippen LogP contribution in [0.1, 0.15) is 11.1 Å². The van der Waals surface area contributed by atoms with Gasteiger partial charge in [0.05, 0.1) is 22.3 Å². The van der Waals surface area contributed by atoms with Crippen LogP contribution in [0.5, 0.6) is 0 Å². The molecule has 0 amide bonds. The largest absolute Gasteiger partial charge is 0.320 e. The van der Waals surface area contributed by atoms with Crippen molar-refractivity contribution in [2.24, 2.45) is 5.73 Å². The first-order valence-corrected chi connectivity index (χ1v) is 7.39. The first-order valence-electron chi connectivity index (χ1n) is 6.62. The van der Waals surface area contributed by atoms with Gasteiger partial charge in [0.1, 0.15) is 0 Å². The number of benzene rings is 2. The van der Waals surface area contributed by atoms with Gasteiger partial charge in [-0.2, -0.15) is 0 Å². The van der Waals surface area contributed by atoms with Crippen LogP contribution in [0.25, 0.3) is 15.8 Å². The van der Waals surface area contributed by atoms with Gasteiger partial charge in [0.25, 0.3) is 5.56 Å². The van der Waals surface area contributed by atoms with Crippen molar-refractivity contribution in [3.05, 3.63) is 63.9 Å². The van der Waals surface area contributed by atoms with Crippen LogP contribution < -0.4 is 11.3 Å². The molecule has 0 unspecified atom stereocenters. The highest BCUT2D eigenvalue weighted by Gasteiger charge is 2.09. The number of fused-ring (bicyclic) bond motifs is 1. The Morgan fingerprint density at radius 1 is 1.24 bits per heavy atom. The highest BCUT2D eigenvalue weighted by atomic mass is 32.1. The fraction of sp³-hybridized carbons (Fsp3) is 0.118. The third-order valence-corrected chi connectivity index (χ3v) is 4.37. The van der Waals surface area contributed by atoms with Crippen LogP contribution in [0.2, 0.25) is 0 Å². The predicted octanol–water partition coefficient (Wildman–Crippen LogP) is 2.67. The van der Waals surface area contributed by atoms with Gasteiger partial charge in [-0.05, 0) is 42.8 Å². The minimum atomic E-state index is 0.0239. The van der Waals surface area contributed by atoms with Crippen molar-refractivity contribution in [3.63, 3.8) is 0 Å². The van der Waals surface area contributed by atoms with Gasteiger partial charge < -0.3 is 5.73 Å². The Morgan fingerprint density at radius 2 is 2.05 bits per heavy atom.